The zero-order chi connectivity index (χ0) is 57.4. The van der Waals surface area contributed by atoms with Gasteiger partial charge in [-0.1, -0.05) is 116 Å². The summed E-state index contributed by atoms with van der Waals surface area (Å²) >= 11 is 0. The van der Waals surface area contributed by atoms with Crippen molar-refractivity contribution >= 4 is 81.8 Å². The minimum atomic E-state index is -1.23. The monoisotopic (exact) mass is 1100 g/mol. The molecular weight excluding hydrogens is 1040 g/mol. The van der Waals surface area contributed by atoms with Crippen molar-refractivity contribution in [2.45, 2.75) is 25.7 Å². The van der Waals surface area contributed by atoms with Crippen LogP contribution in [0.1, 0.15) is 48.5 Å². The standard InChI is InChI=1S/C64H65N9O9/c74-56(38-72(40-58(77)78)36-34-71(39-57(75)76)35-37-73(41-59(79)80)42-60(81)82)66-33-13-2-1-12-32-65-47-22-20-46(21-23-47)64-54-30-28-52(69-54)62(44-16-8-4-9-17-44)50-26-24-48(67-50)61(43-14-6-3-7-15-43)49-25-27-51(68-49)63(45-18-10-5-11-19-45)53-29-31-55(64)70-53/h3-11,14-31,65,67,70H,1-2,12-13,32-42H2,(H,66,74)(H,75,76)(H,77,78)(H,79,80)(H,81,82). The molecular formula is C64H65N9O9. The van der Waals surface area contributed by atoms with E-state index in [0.717, 1.165) is 126 Å². The van der Waals surface area contributed by atoms with Gasteiger partial charge in [-0.25, -0.2) is 9.97 Å². The largest absolute Gasteiger partial charge is 0.480 e. The SMILES string of the molecule is O=C(O)CN(CCN(CC(=O)O)CC(=O)O)CCN(CC(=O)O)CC(=O)NCCCCCCNc1ccc(-c2c3nc(c(-c4ccccc4)c4ccc([nH]4)c(-c4ccccc4)c4nc(c(-c5ccccc5)c5ccc2[nH]5)C=C4)C=C3)cc1. The van der Waals surface area contributed by atoms with E-state index in [1.54, 1.807) is 0 Å². The fraction of sp³-hybridized carbons (Fsp3) is 0.234. The summed E-state index contributed by atoms with van der Waals surface area (Å²) in [7, 11) is 0. The number of carbonyl (C=O) groups excluding carboxylic acids is 1. The van der Waals surface area contributed by atoms with Gasteiger partial charge in [0.25, 0.3) is 0 Å². The summed E-state index contributed by atoms with van der Waals surface area (Å²) in [5, 5.41) is 43.7. The Bertz CT molecular complexity index is 3580. The normalized spacial score (nSPS) is 11.8. The number of carboxylic acids is 4. The number of nitrogens with zero attached hydrogens (tertiary/aromatic N) is 5. The highest BCUT2D eigenvalue weighted by atomic mass is 16.4. The van der Waals surface area contributed by atoms with E-state index in [-0.39, 0.29) is 38.6 Å². The predicted octanol–water partition coefficient (Wildman–Crippen LogP) is 9.66. The number of fused-ring (bicyclic) bond motifs is 8. The molecule has 18 nitrogen and oxygen atoms in total. The molecule has 4 aromatic carbocycles. The molecule has 18 heteroatoms. The van der Waals surface area contributed by atoms with Crippen LogP contribution < -0.4 is 10.6 Å². The van der Waals surface area contributed by atoms with E-state index < -0.39 is 50.1 Å². The van der Waals surface area contributed by atoms with Gasteiger partial charge in [0.15, 0.2) is 0 Å². The van der Waals surface area contributed by atoms with Crippen LogP contribution in [0, 0.1) is 0 Å². The number of hydrogen-bond donors (Lipinski definition) is 8. The van der Waals surface area contributed by atoms with E-state index >= 15 is 0 Å². The summed E-state index contributed by atoms with van der Waals surface area (Å²) in [4.78, 5) is 81.0. The van der Waals surface area contributed by atoms with Crippen LogP contribution >= 0.6 is 0 Å². The minimum absolute atomic E-state index is 0.0138. The average Bonchev–Trinajstić information content (AvgIpc) is 4.21. The van der Waals surface area contributed by atoms with Gasteiger partial charge in [0.1, 0.15) is 0 Å². The van der Waals surface area contributed by atoms with Gasteiger partial charge < -0.3 is 41.0 Å². The van der Waals surface area contributed by atoms with E-state index in [4.69, 9.17) is 20.2 Å². The fourth-order valence-corrected chi connectivity index (χ4v) is 10.3. The number of aliphatic carboxylic acids is 4. The van der Waals surface area contributed by atoms with Gasteiger partial charge >= 0.3 is 23.9 Å². The number of aromatic amines is 2. The second kappa shape index (κ2) is 27.6. The van der Waals surface area contributed by atoms with Crippen LogP contribution in [-0.4, -0.2) is 157 Å². The molecule has 7 aromatic rings. The first-order valence-electron chi connectivity index (χ1n) is 27.3. The number of unbranched alkanes of at least 4 members (excludes halogenated alkanes) is 3. The fourth-order valence-electron chi connectivity index (χ4n) is 10.3. The van der Waals surface area contributed by atoms with Gasteiger partial charge in [0.2, 0.25) is 5.91 Å². The third-order valence-corrected chi connectivity index (χ3v) is 14.1. The van der Waals surface area contributed by atoms with E-state index in [9.17, 15) is 34.2 Å². The predicted molar refractivity (Wildman–Crippen MR) is 320 cm³/mol. The second-order valence-corrected chi connectivity index (χ2v) is 20.1. The summed E-state index contributed by atoms with van der Waals surface area (Å²) in [6.45, 7) is -1.05. The molecule has 0 spiro atoms. The number of rotatable bonds is 28. The second-order valence-electron chi connectivity index (χ2n) is 20.1. The lowest BCUT2D eigenvalue weighted by atomic mass is 10.0. The third-order valence-electron chi connectivity index (χ3n) is 14.1. The Hall–Kier alpha value is -9.49. The lowest BCUT2D eigenvalue weighted by Crippen LogP contribution is -2.46. The number of H-pyrrole nitrogens is 2. The number of benzene rings is 4. The highest BCUT2D eigenvalue weighted by molar-refractivity contribution is 6.00. The van der Waals surface area contributed by atoms with Crippen LogP contribution in [0.4, 0.5) is 5.69 Å². The lowest BCUT2D eigenvalue weighted by Gasteiger charge is -2.27. The van der Waals surface area contributed by atoms with Gasteiger partial charge in [0.05, 0.1) is 55.5 Å². The molecule has 1 amide bonds. The summed E-state index contributed by atoms with van der Waals surface area (Å²) in [6.07, 6.45) is 11.7. The van der Waals surface area contributed by atoms with Crippen LogP contribution in [0.3, 0.4) is 0 Å². The van der Waals surface area contributed by atoms with Gasteiger partial charge in [-0.05, 0) is 95.8 Å². The number of hydrogen-bond acceptors (Lipinski definition) is 11. The zero-order valence-electron chi connectivity index (χ0n) is 45.3. The first-order chi connectivity index (χ1) is 39.8. The maximum Gasteiger partial charge on any atom is 0.317 e. The third kappa shape index (κ3) is 15.2. The van der Waals surface area contributed by atoms with Crippen molar-refractivity contribution in [2.75, 3.05) is 77.3 Å². The molecule has 0 fully saturated rings. The van der Waals surface area contributed by atoms with Gasteiger partial charge in [0, 0.05) is 89.3 Å². The lowest BCUT2D eigenvalue weighted by molar-refractivity contribution is -0.143. The Kier molecular flexibility index (Phi) is 19.2. The molecule has 82 heavy (non-hydrogen) atoms. The van der Waals surface area contributed by atoms with E-state index in [0.29, 0.717) is 13.0 Å². The molecule has 3 aromatic heterocycles. The Labute approximate surface area is 474 Å². The summed E-state index contributed by atoms with van der Waals surface area (Å²) in [5.74, 6) is -5.17. The van der Waals surface area contributed by atoms with Gasteiger partial charge in [-0.3, -0.25) is 38.7 Å². The molecule has 5 heterocycles. The molecule has 8 N–H and O–H groups in total. The number of carbonyl (C=O) groups is 5. The number of carboxylic acid groups (broad SMARTS) is 4. The zero-order valence-corrected chi connectivity index (χ0v) is 45.3. The molecule has 8 bridgehead atoms. The molecule has 0 saturated carbocycles. The molecule has 9 rings (SSSR count). The van der Waals surface area contributed by atoms with Crippen LogP contribution in [0.2, 0.25) is 0 Å². The molecule has 2 aliphatic heterocycles. The molecule has 2 aliphatic rings. The number of nitrogens with one attached hydrogen (secondary N) is 4. The number of anilines is 1. The van der Waals surface area contributed by atoms with Gasteiger partial charge in [-0.15, -0.1) is 0 Å². The topological polar surface area (TPSA) is 257 Å². The first kappa shape index (κ1) is 57.2. The van der Waals surface area contributed by atoms with Crippen LogP contribution in [-0.2, 0) is 24.0 Å². The maximum absolute atomic E-state index is 12.9. The van der Waals surface area contributed by atoms with Crippen LogP contribution in [0.25, 0.3) is 90.9 Å². The Balaban J connectivity index is 0.879. The summed E-state index contributed by atoms with van der Waals surface area (Å²) in [5.41, 5.74) is 16.0. The highest BCUT2D eigenvalue weighted by Gasteiger charge is 2.22. The Morgan fingerprint density at radius 3 is 1.09 bits per heavy atom. The Morgan fingerprint density at radius 1 is 0.378 bits per heavy atom. The van der Waals surface area contributed by atoms with Crippen LogP contribution in [0.15, 0.2) is 140 Å². The van der Waals surface area contributed by atoms with Crippen molar-refractivity contribution in [1.82, 2.24) is 40.0 Å². The average molecular weight is 1100 g/mol. The Morgan fingerprint density at radius 2 is 0.707 bits per heavy atom. The van der Waals surface area contributed by atoms with Crippen molar-refractivity contribution in [2.24, 2.45) is 0 Å². The van der Waals surface area contributed by atoms with E-state index in [1.807, 2.05) is 42.5 Å². The minimum Gasteiger partial charge on any atom is -0.480 e. The molecule has 0 unspecified atom stereocenters. The van der Waals surface area contributed by atoms with Crippen molar-refractivity contribution in [1.29, 1.82) is 0 Å². The van der Waals surface area contributed by atoms with E-state index in [1.165, 1.54) is 9.80 Å². The molecule has 420 valence electrons. The summed E-state index contributed by atoms with van der Waals surface area (Å²) < 4.78 is 0. The number of aromatic nitrogens is 4. The molecule has 0 saturated heterocycles. The van der Waals surface area contributed by atoms with Crippen molar-refractivity contribution in [3.05, 3.63) is 162 Å². The molecule has 0 aliphatic carbocycles. The van der Waals surface area contributed by atoms with Crippen molar-refractivity contribution in [3.63, 3.8) is 0 Å². The molecule has 0 atom stereocenters. The van der Waals surface area contributed by atoms with Crippen molar-refractivity contribution < 1.29 is 44.4 Å². The number of amides is 1. The quantitative estimate of drug-likeness (QED) is 0.0212. The first-order valence-corrected chi connectivity index (χ1v) is 27.3. The maximum atomic E-state index is 12.9. The highest BCUT2D eigenvalue weighted by Crippen LogP contribution is 2.38. The van der Waals surface area contributed by atoms with Crippen LogP contribution in [0.5, 0.6) is 0 Å². The van der Waals surface area contributed by atoms with Crippen molar-refractivity contribution in [3.8, 4) is 44.5 Å². The summed E-state index contributed by atoms with van der Waals surface area (Å²) in [6, 6.07) is 47.9. The smallest absolute Gasteiger partial charge is 0.317 e. The van der Waals surface area contributed by atoms with E-state index in [2.05, 4.69) is 142 Å². The molecule has 0 radical (unpaired) electrons. The van der Waals surface area contributed by atoms with Gasteiger partial charge in [-0.2, -0.15) is 0 Å².